The van der Waals surface area contributed by atoms with Gasteiger partial charge in [0.25, 0.3) is 0 Å². The van der Waals surface area contributed by atoms with Gasteiger partial charge in [-0.05, 0) is 12.5 Å². The molecular weight excluding hydrogens is 224 g/mol. The van der Waals surface area contributed by atoms with Crippen LogP contribution in [0.25, 0.3) is 0 Å². The number of nitrogens with two attached hydrogens (primary N) is 1. The summed E-state index contributed by atoms with van der Waals surface area (Å²) in [5.74, 6) is -0.000602. The quantitative estimate of drug-likeness (QED) is 0.753. The Hall–Kier alpha value is -1.43. The van der Waals surface area contributed by atoms with Crippen molar-refractivity contribution in [3.05, 3.63) is 18.0 Å². The van der Waals surface area contributed by atoms with E-state index in [2.05, 4.69) is 5.10 Å². The molecule has 2 N–H and O–H groups in total. The molecule has 5 nitrogen and oxygen atoms in total. The Balaban J connectivity index is 2.42. The van der Waals surface area contributed by atoms with E-state index in [0.717, 1.165) is 5.56 Å². The molecule has 6 heteroatoms. The molecule has 0 bridgehead atoms. The number of likely N-dealkylation sites (N-methyl/N-ethyl adjacent to an activating group) is 1. The highest BCUT2D eigenvalue weighted by molar-refractivity contribution is 7.80. The number of rotatable bonds is 5. The second kappa shape index (κ2) is 5.60. The van der Waals surface area contributed by atoms with Crippen molar-refractivity contribution in [1.82, 2.24) is 14.7 Å². The van der Waals surface area contributed by atoms with Crippen LogP contribution < -0.4 is 5.73 Å². The molecule has 1 aromatic heterocycles. The second-order valence-corrected chi connectivity index (χ2v) is 4.27. The zero-order valence-corrected chi connectivity index (χ0v) is 10.3. The van der Waals surface area contributed by atoms with Crippen LogP contribution in [0.2, 0.25) is 0 Å². The van der Waals surface area contributed by atoms with Crippen molar-refractivity contribution in [1.29, 1.82) is 0 Å². The summed E-state index contributed by atoms with van der Waals surface area (Å²) < 4.78 is 1.62. The Morgan fingerprint density at radius 1 is 1.69 bits per heavy atom. The van der Waals surface area contributed by atoms with Gasteiger partial charge in [-0.2, -0.15) is 5.10 Å². The third-order valence-electron chi connectivity index (χ3n) is 2.18. The summed E-state index contributed by atoms with van der Waals surface area (Å²) in [7, 11) is 1.73. The topological polar surface area (TPSA) is 64.2 Å². The number of aromatic nitrogens is 2. The van der Waals surface area contributed by atoms with E-state index in [0.29, 0.717) is 18.0 Å². The maximum absolute atomic E-state index is 11.7. The van der Waals surface area contributed by atoms with Crippen LogP contribution in [-0.4, -0.2) is 39.2 Å². The maximum atomic E-state index is 11.7. The van der Waals surface area contributed by atoms with Gasteiger partial charge in [0.15, 0.2) is 0 Å². The molecule has 0 atom stereocenters. The molecule has 0 aliphatic carbocycles. The fourth-order valence-electron chi connectivity index (χ4n) is 1.22. The summed E-state index contributed by atoms with van der Waals surface area (Å²) in [4.78, 5) is 13.7. The number of amides is 1. The fraction of sp³-hybridized carbons (Fsp3) is 0.500. The van der Waals surface area contributed by atoms with Crippen LogP contribution in [0.1, 0.15) is 12.0 Å². The predicted octanol–water partition coefficient (Wildman–Crippen LogP) is 0.326. The van der Waals surface area contributed by atoms with E-state index in [1.807, 2.05) is 13.1 Å². The number of thiocarbonyl (C=S) groups is 1. The summed E-state index contributed by atoms with van der Waals surface area (Å²) >= 11 is 4.76. The Morgan fingerprint density at radius 3 is 2.88 bits per heavy atom. The standard InChI is InChI=1S/C10H16N4OS/c1-8-5-12-14(6-8)7-10(15)13(2)4-3-9(11)16/h5-6H,3-4,7H2,1-2H3,(H2,11,16). The van der Waals surface area contributed by atoms with Gasteiger partial charge in [0.1, 0.15) is 6.54 Å². The van der Waals surface area contributed by atoms with Crippen LogP contribution in [0.3, 0.4) is 0 Å². The summed E-state index contributed by atoms with van der Waals surface area (Å²) in [5, 5.41) is 4.05. The van der Waals surface area contributed by atoms with Crippen molar-refractivity contribution in [2.45, 2.75) is 19.9 Å². The van der Waals surface area contributed by atoms with Gasteiger partial charge in [-0.15, -0.1) is 0 Å². The molecule has 0 fully saturated rings. The predicted molar refractivity (Wildman–Crippen MR) is 66.0 cm³/mol. The molecule has 0 aliphatic heterocycles. The minimum Gasteiger partial charge on any atom is -0.393 e. The molecule has 0 radical (unpaired) electrons. The zero-order valence-electron chi connectivity index (χ0n) is 9.51. The molecule has 0 aliphatic rings. The smallest absolute Gasteiger partial charge is 0.244 e. The van der Waals surface area contributed by atoms with Gasteiger partial charge in [-0.3, -0.25) is 9.48 Å². The van der Waals surface area contributed by atoms with E-state index >= 15 is 0 Å². The Kier molecular flexibility index (Phi) is 4.42. The highest BCUT2D eigenvalue weighted by atomic mass is 32.1. The van der Waals surface area contributed by atoms with E-state index in [-0.39, 0.29) is 12.5 Å². The Bertz CT molecular complexity index is 388. The summed E-state index contributed by atoms with van der Waals surface area (Å²) in [6, 6.07) is 0. The lowest BCUT2D eigenvalue weighted by atomic mass is 10.4. The van der Waals surface area contributed by atoms with Gasteiger partial charge in [-0.1, -0.05) is 12.2 Å². The first kappa shape index (κ1) is 12.6. The first-order valence-electron chi connectivity index (χ1n) is 5.00. The van der Waals surface area contributed by atoms with Crippen LogP contribution in [0.5, 0.6) is 0 Å². The van der Waals surface area contributed by atoms with Gasteiger partial charge >= 0.3 is 0 Å². The molecule has 1 heterocycles. The van der Waals surface area contributed by atoms with Crippen LogP contribution in [0.4, 0.5) is 0 Å². The van der Waals surface area contributed by atoms with Crippen molar-refractivity contribution >= 4 is 23.1 Å². The molecule has 16 heavy (non-hydrogen) atoms. The van der Waals surface area contributed by atoms with Gasteiger partial charge in [0.05, 0.1) is 11.2 Å². The van der Waals surface area contributed by atoms with Crippen molar-refractivity contribution < 1.29 is 4.79 Å². The Morgan fingerprint density at radius 2 is 2.38 bits per heavy atom. The lowest BCUT2D eigenvalue weighted by molar-refractivity contribution is -0.130. The third kappa shape index (κ3) is 3.98. The lowest BCUT2D eigenvalue weighted by Crippen LogP contribution is -2.32. The molecule has 1 aromatic rings. The van der Waals surface area contributed by atoms with Crippen molar-refractivity contribution in [3.8, 4) is 0 Å². The number of hydrogen-bond acceptors (Lipinski definition) is 3. The summed E-state index contributed by atoms with van der Waals surface area (Å²) in [5.41, 5.74) is 6.41. The average Bonchev–Trinajstić information content (AvgIpc) is 2.60. The highest BCUT2D eigenvalue weighted by Gasteiger charge is 2.09. The average molecular weight is 240 g/mol. The van der Waals surface area contributed by atoms with E-state index in [1.54, 1.807) is 22.8 Å². The van der Waals surface area contributed by atoms with Crippen LogP contribution >= 0.6 is 12.2 Å². The van der Waals surface area contributed by atoms with Crippen LogP contribution in [0.15, 0.2) is 12.4 Å². The molecule has 1 rings (SSSR count). The van der Waals surface area contributed by atoms with Gasteiger partial charge in [-0.25, -0.2) is 0 Å². The molecule has 88 valence electrons. The minimum absolute atomic E-state index is 0.000602. The van der Waals surface area contributed by atoms with E-state index in [4.69, 9.17) is 18.0 Å². The molecule has 1 amide bonds. The molecule has 0 spiro atoms. The molecule has 0 aromatic carbocycles. The summed E-state index contributed by atoms with van der Waals surface area (Å²) in [6.07, 6.45) is 4.11. The third-order valence-corrected chi connectivity index (χ3v) is 2.38. The van der Waals surface area contributed by atoms with Gasteiger partial charge in [0.2, 0.25) is 5.91 Å². The lowest BCUT2D eigenvalue weighted by Gasteiger charge is -2.16. The van der Waals surface area contributed by atoms with Crippen molar-refractivity contribution in [3.63, 3.8) is 0 Å². The summed E-state index contributed by atoms with van der Waals surface area (Å²) in [6.45, 7) is 2.74. The van der Waals surface area contributed by atoms with Gasteiger partial charge in [0, 0.05) is 26.2 Å². The Labute approximate surface area is 100 Å². The normalized spacial score (nSPS) is 10.1. The molecular formula is C10H16N4OS. The SMILES string of the molecule is Cc1cnn(CC(=O)N(C)CCC(N)=S)c1. The maximum Gasteiger partial charge on any atom is 0.244 e. The number of carbonyl (C=O) groups excluding carboxylic acids is 1. The fourth-order valence-corrected chi connectivity index (χ4v) is 1.31. The van der Waals surface area contributed by atoms with Crippen molar-refractivity contribution in [2.24, 2.45) is 5.73 Å². The van der Waals surface area contributed by atoms with Crippen LogP contribution in [-0.2, 0) is 11.3 Å². The van der Waals surface area contributed by atoms with Gasteiger partial charge < -0.3 is 10.6 Å². The largest absolute Gasteiger partial charge is 0.393 e. The first-order chi connectivity index (χ1) is 7.49. The van der Waals surface area contributed by atoms with Crippen molar-refractivity contribution in [2.75, 3.05) is 13.6 Å². The first-order valence-corrected chi connectivity index (χ1v) is 5.41. The molecule has 0 saturated carbocycles. The van der Waals surface area contributed by atoms with E-state index in [1.165, 1.54) is 0 Å². The molecule has 0 saturated heterocycles. The minimum atomic E-state index is -0.000602. The number of aryl methyl sites for hydroxylation is 1. The molecule has 0 unspecified atom stereocenters. The number of carbonyl (C=O) groups is 1. The number of hydrogen-bond donors (Lipinski definition) is 1. The second-order valence-electron chi connectivity index (χ2n) is 3.75. The highest BCUT2D eigenvalue weighted by Crippen LogP contribution is 1.97. The van der Waals surface area contributed by atoms with Crippen LogP contribution in [0, 0.1) is 6.92 Å². The number of nitrogens with zero attached hydrogens (tertiary/aromatic N) is 3. The van der Waals surface area contributed by atoms with E-state index in [9.17, 15) is 4.79 Å². The zero-order chi connectivity index (χ0) is 12.1. The monoisotopic (exact) mass is 240 g/mol. The van der Waals surface area contributed by atoms with E-state index < -0.39 is 0 Å².